The average molecular weight is 401 g/mol. The Labute approximate surface area is 165 Å². The summed E-state index contributed by atoms with van der Waals surface area (Å²) in [7, 11) is 3.12. The van der Waals surface area contributed by atoms with Gasteiger partial charge in [-0.15, -0.1) is 6.58 Å². The summed E-state index contributed by atoms with van der Waals surface area (Å²) in [4.78, 5) is 18.7. The van der Waals surface area contributed by atoms with Crippen LogP contribution in [0.2, 0.25) is 10.0 Å². The number of nitrogens with zero attached hydrogens (tertiary/aromatic N) is 2. The first-order valence-electron chi connectivity index (χ1n) is 8.19. The van der Waals surface area contributed by atoms with Gasteiger partial charge in [-0.05, 0) is 44.9 Å². The zero-order chi connectivity index (χ0) is 19.9. The topological polar surface area (TPSA) is 51.1 Å². The predicted octanol–water partition coefficient (Wildman–Crippen LogP) is 5.52. The molecular formula is C19H26Cl2N2O3. The average Bonchev–Trinajstić information content (AvgIpc) is 2.53. The third-order valence-electron chi connectivity index (χ3n) is 3.46. The van der Waals surface area contributed by atoms with E-state index in [2.05, 4.69) is 11.7 Å². The fourth-order valence-corrected chi connectivity index (χ4v) is 2.63. The number of oxime groups is 1. The highest BCUT2D eigenvalue weighted by molar-refractivity contribution is 6.42. The van der Waals surface area contributed by atoms with E-state index >= 15 is 0 Å². The van der Waals surface area contributed by atoms with E-state index in [1.54, 1.807) is 25.3 Å². The second-order valence-electron chi connectivity index (χ2n) is 6.85. The van der Waals surface area contributed by atoms with Crippen molar-refractivity contribution in [2.45, 2.75) is 38.7 Å². The smallest absolute Gasteiger partial charge is 0.410 e. The first kappa shape index (κ1) is 22.3. The molecule has 0 aliphatic carbocycles. The summed E-state index contributed by atoms with van der Waals surface area (Å²) in [5.41, 5.74) is 0.987. The molecule has 0 aromatic heterocycles. The van der Waals surface area contributed by atoms with Crippen LogP contribution in [0.1, 0.15) is 38.7 Å². The van der Waals surface area contributed by atoms with Gasteiger partial charge in [0, 0.05) is 13.0 Å². The number of carbonyl (C=O) groups excluding carboxylic acids is 1. The minimum atomic E-state index is -0.575. The molecule has 0 radical (unpaired) electrons. The Balaban J connectivity index is 3.10. The van der Waals surface area contributed by atoms with Gasteiger partial charge >= 0.3 is 6.09 Å². The Morgan fingerprint density at radius 1 is 1.35 bits per heavy atom. The van der Waals surface area contributed by atoms with E-state index in [1.807, 2.05) is 26.8 Å². The molecule has 0 aliphatic heterocycles. The zero-order valence-corrected chi connectivity index (χ0v) is 17.4. The molecule has 144 valence electrons. The maximum absolute atomic E-state index is 12.3. The van der Waals surface area contributed by atoms with Crippen LogP contribution in [0.25, 0.3) is 0 Å². The van der Waals surface area contributed by atoms with Gasteiger partial charge in [0.2, 0.25) is 0 Å². The van der Waals surface area contributed by atoms with Crippen LogP contribution in [0.5, 0.6) is 0 Å². The van der Waals surface area contributed by atoms with Crippen LogP contribution < -0.4 is 0 Å². The molecule has 1 aromatic rings. The molecule has 1 amide bonds. The van der Waals surface area contributed by atoms with E-state index in [0.717, 1.165) is 5.56 Å². The van der Waals surface area contributed by atoms with Gasteiger partial charge in [0.15, 0.2) is 0 Å². The molecule has 7 heteroatoms. The van der Waals surface area contributed by atoms with Crippen molar-refractivity contribution in [2.24, 2.45) is 5.16 Å². The summed E-state index contributed by atoms with van der Waals surface area (Å²) < 4.78 is 5.39. The van der Waals surface area contributed by atoms with E-state index in [9.17, 15) is 4.79 Å². The summed E-state index contributed by atoms with van der Waals surface area (Å²) in [6, 6.07) is 5.40. The molecule has 26 heavy (non-hydrogen) atoms. The number of benzene rings is 1. The van der Waals surface area contributed by atoms with Crippen LogP contribution in [0.4, 0.5) is 4.79 Å². The Kier molecular flexibility index (Phi) is 8.44. The van der Waals surface area contributed by atoms with Gasteiger partial charge in [0.1, 0.15) is 12.7 Å². The normalized spacial score (nSPS) is 13.1. The molecule has 1 aromatic carbocycles. The van der Waals surface area contributed by atoms with Crippen LogP contribution in [0, 0.1) is 0 Å². The predicted molar refractivity (Wildman–Crippen MR) is 107 cm³/mol. The first-order chi connectivity index (χ1) is 12.1. The zero-order valence-electron chi connectivity index (χ0n) is 15.9. The van der Waals surface area contributed by atoms with Gasteiger partial charge in [-0.3, -0.25) is 0 Å². The van der Waals surface area contributed by atoms with Gasteiger partial charge in [0.25, 0.3) is 0 Å². The standard InChI is InChI=1S/C19H26Cl2N2O3/c1-7-8-14(13-9-10-15(20)16(21)11-13)17(22-25-6)12-23(5)18(24)26-19(2,3)4/h7,9-11,14H,1,8,12H2,2-6H3/b22-17+/t14-/m1/s1. The number of allylic oxidation sites excluding steroid dienone is 1. The molecule has 0 N–H and O–H groups in total. The number of rotatable bonds is 7. The number of ether oxygens (including phenoxy) is 1. The highest BCUT2D eigenvalue weighted by Crippen LogP contribution is 2.29. The maximum Gasteiger partial charge on any atom is 0.410 e. The summed E-state index contributed by atoms with van der Waals surface area (Å²) in [5.74, 6) is -0.160. The van der Waals surface area contributed by atoms with Crippen molar-refractivity contribution in [1.29, 1.82) is 0 Å². The van der Waals surface area contributed by atoms with Gasteiger partial charge in [-0.1, -0.05) is 40.5 Å². The van der Waals surface area contributed by atoms with Crippen molar-refractivity contribution in [3.8, 4) is 0 Å². The molecule has 5 nitrogen and oxygen atoms in total. The fourth-order valence-electron chi connectivity index (χ4n) is 2.33. The highest BCUT2D eigenvalue weighted by atomic mass is 35.5. The summed E-state index contributed by atoms with van der Waals surface area (Å²) in [5, 5.41) is 5.06. The van der Waals surface area contributed by atoms with E-state index < -0.39 is 11.7 Å². The fraction of sp³-hybridized carbons (Fsp3) is 0.474. The van der Waals surface area contributed by atoms with Crippen molar-refractivity contribution in [3.63, 3.8) is 0 Å². The SMILES string of the molecule is C=CC[C@@H](/C(CN(C)C(=O)OC(C)(C)C)=N/OC)c1ccc(Cl)c(Cl)c1. The molecular weight excluding hydrogens is 375 g/mol. The Bertz CT molecular complexity index is 669. The molecule has 1 rings (SSSR count). The van der Waals surface area contributed by atoms with Crippen LogP contribution in [0.3, 0.4) is 0 Å². The second kappa shape index (κ2) is 9.83. The van der Waals surface area contributed by atoms with Crippen molar-refractivity contribution in [1.82, 2.24) is 4.90 Å². The maximum atomic E-state index is 12.3. The highest BCUT2D eigenvalue weighted by Gasteiger charge is 2.25. The molecule has 0 fully saturated rings. The Morgan fingerprint density at radius 3 is 2.50 bits per heavy atom. The van der Waals surface area contributed by atoms with Gasteiger partial charge < -0.3 is 14.5 Å². The summed E-state index contributed by atoms with van der Waals surface area (Å²) in [6.45, 7) is 9.50. The van der Waals surface area contributed by atoms with Crippen molar-refractivity contribution in [3.05, 3.63) is 46.5 Å². The van der Waals surface area contributed by atoms with Gasteiger partial charge in [-0.2, -0.15) is 0 Å². The van der Waals surface area contributed by atoms with E-state index in [0.29, 0.717) is 22.2 Å². The monoisotopic (exact) mass is 400 g/mol. The lowest BCUT2D eigenvalue weighted by molar-refractivity contribution is 0.0321. The third-order valence-corrected chi connectivity index (χ3v) is 4.20. The molecule has 0 bridgehead atoms. The molecule has 1 atom stereocenters. The summed E-state index contributed by atoms with van der Waals surface area (Å²) >= 11 is 12.2. The van der Waals surface area contributed by atoms with Crippen molar-refractivity contribution < 1.29 is 14.4 Å². The van der Waals surface area contributed by atoms with Crippen LogP contribution in [0.15, 0.2) is 36.0 Å². The first-order valence-corrected chi connectivity index (χ1v) is 8.94. The van der Waals surface area contributed by atoms with Crippen molar-refractivity contribution in [2.75, 3.05) is 20.7 Å². The van der Waals surface area contributed by atoms with E-state index in [-0.39, 0.29) is 12.5 Å². The van der Waals surface area contributed by atoms with E-state index in [4.69, 9.17) is 32.8 Å². The van der Waals surface area contributed by atoms with Crippen molar-refractivity contribution >= 4 is 35.0 Å². The quantitative estimate of drug-likeness (QED) is 0.343. The van der Waals surface area contributed by atoms with Gasteiger partial charge in [0.05, 0.1) is 22.3 Å². The number of hydrogen-bond acceptors (Lipinski definition) is 4. The van der Waals surface area contributed by atoms with Crippen LogP contribution >= 0.6 is 23.2 Å². The van der Waals surface area contributed by atoms with Crippen LogP contribution in [-0.2, 0) is 9.57 Å². The third kappa shape index (κ3) is 6.89. The molecule has 0 heterocycles. The largest absolute Gasteiger partial charge is 0.444 e. The molecule has 0 unspecified atom stereocenters. The second-order valence-corrected chi connectivity index (χ2v) is 7.67. The van der Waals surface area contributed by atoms with Crippen LogP contribution in [-0.4, -0.2) is 43.0 Å². The van der Waals surface area contributed by atoms with E-state index in [1.165, 1.54) is 12.0 Å². The van der Waals surface area contributed by atoms with Gasteiger partial charge in [-0.25, -0.2) is 4.79 Å². The molecule has 0 saturated heterocycles. The molecule has 0 aliphatic rings. The minimum Gasteiger partial charge on any atom is -0.444 e. The number of halogens is 2. The Morgan fingerprint density at radius 2 is 2.00 bits per heavy atom. The lowest BCUT2D eigenvalue weighted by Crippen LogP contribution is -2.38. The number of amides is 1. The number of hydrogen-bond donors (Lipinski definition) is 0. The lowest BCUT2D eigenvalue weighted by Gasteiger charge is -2.26. The summed E-state index contributed by atoms with van der Waals surface area (Å²) in [6.07, 6.45) is 1.95. The lowest BCUT2D eigenvalue weighted by atomic mass is 9.90. The molecule has 0 saturated carbocycles. The Hall–Kier alpha value is -1.72. The minimum absolute atomic E-state index is 0.160. The number of carbonyl (C=O) groups is 1. The molecule has 0 spiro atoms.